The van der Waals surface area contributed by atoms with Crippen LogP contribution in [0, 0.1) is 0 Å². The van der Waals surface area contributed by atoms with Crippen molar-refractivity contribution < 1.29 is 18.0 Å². The number of halogens is 3. The molecule has 0 aliphatic rings. The van der Waals surface area contributed by atoms with Crippen LogP contribution in [-0.4, -0.2) is 10.9 Å². The van der Waals surface area contributed by atoms with Gasteiger partial charge in [-0.1, -0.05) is 36.4 Å². The monoisotopic (exact) mass is 332 g/mol. The molecule has 3 rings (SSSR count). The van der Waals surface area contributed by atoms with Crippen molar-refractivity contribution in [1.29, 1.82) is 0 Å². The average Bonchev–Trinajstić information content (AvgIpc) is 2.54. The van der Waals surface area contributed by atoms with E-state index >= 15 is 0 Å². The van der Waals surface area contributed by atoms with Crippen LogP contribution in [0.5, 0.6) is 0 Å². The molecule has 2 N–H and O–H groups in total. The summed E-state index contributed by atoms with van der Waals surface area (Å²) in [7, 11) is 0. The molecule has 1 aromatic heterocycles. The number of benzene rings is 2. The summed E-state index contributed by atoms with van der Waals surface area (Å²) >= 11 is 0. The Balaban J connectivity index is 1.94. The quantitative estimate of drug-likeness (QED) is 0.750. The largest absolute Gasteiger partial charge is 0.431 e. The predicted octanol–water partition coefficient (Wildman–Crippen LogP) is 3.80. The highest BCUT2D eigenvalue weighted by Crippen LogP contribution is 2.27. The summed E-state index contributed by atoms with van der Waals surface area (Å²) in [6, 6.07) is 14.1. The highest BCUT2D eigenvalue weighted by Gasteiger charge is 2.32. The predicted molar refractivity (Wildman–Crippen MR) is 84.0 cm³/mol. The van der Waals surface area contributed by atoms with Crippen LogP contribution < -0.4 is 10.9 Å². The summed E-state index contributed by atoms with van der Waals surface area (Å²) in [6.45, 7) is 0. The number of aromatic amines is 1. The second-order valence-electron chi connectivity index (χ2n) is 5.09. The molecule has 7 heteroatoms. The molecule has 0 atom stereocenters. The molecule has 1 heterocycles. The van der Waals surface area contributed by atoms with Crippen molar-refractivity contribution in [3.63, 3.8) is 0 Å². The van der Waals surface area contributed by atoms with Crippen LogP contribution in [0.1, 0.15) is 16.1 Å². The first kappa shape index (κ1) is 15.8. The van der Waals surface area contributed by atoms with E-state index in [-0.39, 0.29) is 0 Å². The van der Waals surface area contributed by atoms with Gasteiger partial charge in [-0.2, -0.15) is 13.2 Å². The van der Waals surface area contributed by atoms with Gasteiger partial charge in [-0.25, -0.2) is 0 Å². The van der Waals surface area contributed by atoms with Crippen LogP contribution in [0.2, 0.25) is 0 Å². The number of carbonyl (C=O) groups is 1. The number of H-pyrrole nitrogens is 1. The Morgan fingerprint density at radius 1 is 0.958 bits per heavy atom. The summed E-state index contributed by atoms with van der Waals surface area (Å²) in [4.78, 5) is 25.7. The molecule has 0 bridgehead atoms. The number of anilines is 1. The van der Waals surface area contributed by atoms with Crippen molar-refractivity contribution in [1.82, 2.24) is 4.98 Å². The second kappa shape index (κ2) is 5.84. The van der Waals surface area contributed by atoms with Gasteiger partial charge in [-0.3, -0.25) is 9.59 Å². The number of hydrogen-bond acceptors (Lipinski definition) is 2. The average molecular weight is 332 g/mol. The number of aromatic nitrogens is 1. The van der Waals surface area contributed by atoms with E-state index < -0.39 is 28.9 Å². The summed E-state index contributed by atoms with van der Waals surface area (Å²) in [5.74, 6) is -0.777. The first-order valence-corrected chi connectivity index (χ1v) is 6.96. The van der Waals surface area contributed by atoms with Gasteiger partial charge in [0.25, 0.3) is 11.5 Å². The molecule has 24 heavy (non-hydrogen) atoms. The molecule has 0 radical (unpaired) electrons. The molecule has 0 aliphatic carbocycles. The fourth-order valence-corrected chi connectivity index (χ4v) is 2.34. The zero-order chi connectivity index (χ0) is 17.3. The molecule has 0 fully saturated rings. The van der Waals surface area contributed by atoms with Gasteiger partial charge in [0.2, 0.25) is 0 Å². The van der Waals surface area contributed by atoms with Crippen molar-refractivity contribution in [2.45, 2.75) is 6.18 Å². The lowest BCUT2D eigenvalue weighted by molar-refractivity contribution is -0.141. The molecule has 1 amide bonds. The van der Waals surface area contributed by atoms with Crippen molar-refractivity contribution in [3.8, 4) is 0 Å². The van der Waals surface area contributed by atoms with Crippen molar-refractivity contribution >= 4 is 22.4 Å². The first-order valence-electron chi connectivity index (χ1n) is 6.96. The zero-order valence-electron chi connectivity index (χ0n) is 12.1. The van der Waals surface area contributed by atoms with Crippen LogP contribution in [0.4, 0.5) is 18.9 Å². The number of carbonyl (C=O) groups excluding carboxylic acids is 1. The van der Waals surface area contributed by atoms with Crippen LogP contribution >= 0.6 is 0 Å². The first-order chi connectivity index (χ1) is 11.4. The molecule has 0 aliphatic heterocycles. The molecule has 0 saturated carbocycles. The van der Waals surface area contributed by atoms with E-state index in [9.17, 15) is 22.8 Å². The Morgan fingerprint density at radius 2 is 1.67 bits per heavy atom. The third kappa shape index (κ3) is 3.01. The molecule has 0 unspecified atom stereocenters. The maximum absolute atomic E-state index is 12.6. The molecular formula is C17H11F3N2O2. The molecule has 4 nitrogen and oxygen atoms in total. The molecule has 2 aromatic carbocycles. The number of fused-ring (bicyclic) bond motifs is 1. The van der Waals surface area contributed by atoms with Crippen LogP contribution in [0.3, 0.4) is 0 Å². The minimum atomic E-state index is -4.68. The summed E-state index contributed by atoms with van der Waals surface area (Å²) in [6.07, 6.45) is -4.68. The Labute approximate surface area is 133 Å². The van der Waals surface area contributed by atoms with Gasteiger partial charge in [0.15, 0.2) is 0 Å². The lowest BCUT2D eigenvalue weighted by Crippen LogP contribution is -2.25. The Morgan fingerprint density at radius 3 is 2.38 bits per heavy atom. The molecular weight excluding hydrogens is 321 g/mol. The minimum absolute atomic E-state index is 0.393. The standard InChI is InChI=1S/C17H11F3N2O2/c18-17(19,20)14-9-8-12(16(24)22-14)15(23)21-13-7-3-5-10-4-1-2-6-11(10)13/h1-9H,(H,21,23)(H,22,24). The van der Waals surface area contributed by atoms with Crippen molar-refractivity contribution in [2.24, 2.45) is 0 Å². The molecule has 0 saturated heterocycles. The van der Waals surface area contributed by atoms with Gasteiger partial charge in [-0.05, 0) is 23.6 Å². The number of amides is 1. The van der Waals surface area contributed by atoms with Gasteiger partial charge < -0.3 is 10.3 Å². The third-order valence-electron chi connectivity index (χ3n) is 3.50. The van der Waals surface area contributed by atoms with Crippen molar-refractivity contribution in [2.75, 3.05) is 5.32 Å². The van der Waals surface area contributed by atoms with E-state index in [2.05, 4.69) is 5.32 Å². The number of rotatable bonds is 2. The molecule has 122 valence electrons. The van der Waals surface area contributed by atoms with Gasteiger partial charge >= 0.3 is 6.18 Å². The maximum Gasteiger partial charge on any atom is 0.431 e. The lowest BCUT2D eigenvalue weighted by Gasteiger charge is -2.10. The van der Waals surface area contributed by atoms with Crippen LogP contribution in [-0.2, 0) is 6.18 Å². The van der Waals surface area contributed by atoms with Crippen molar-refractivity contribution in [3.05, 3.63) is 76.2 Å². The third-order valence-corrected chi connectivity index (χ3v) is 3.50. The van der Waals surface area contributed by atoms with E-state index in [0.29, 0.717) is 11.8 Å². The molecule has 0 spiro atoms. The van der Waals surface area contributed by atoms with Gasteiger partial charge in [0, 0.05) is 11.1 Å². The van der Waals surface area contributed by atoms with E-state index in [0.717, 1.165) is 16.8 Å². The van der Waals surface area contributed by atoms with E-state index in [1.165, 1.54) is 0 Å². The van der Waals surface area contributed by atoms with Gasteiger partial charge in [-0.15, -0.1) is 0 Å². The van der Waals surface area contributed by atoms with E-state index in [4.69, 9.17) is 0 Å². The minimum Gasteiger partial charge on any atom is -0.321 e. The fourth-order valence-electron chi connectivity index (χ4n) is 2.34. The smallest absolute Gasteiger partial charge is 0.321 e. The fraction of sp³-hybridized carbons (Fsp3) is 0.0588. The Bertz CT molecular complexity index is 972. The second-order valence-corrected chi connectivity index (χ2v) is 5.09. The zero-order valence-corrected chi connectivity index (χ0v) is 12.1. The van der Waals surface area contributed by atoms with Crippen LogP contribution in [0.15, 0.2) is 59.4 Å². The topological polar surface area (TPSA) is 62.0 Å². The van der Waals surface area contributed by atoms with E-state index in [1.807, 2.05) is 18.2 Å². The highest BCUT2D eigenvalue weighted by atomic mass is 19.4. The lowest BCUT2D eigenvalue weighted by atomic mass is 10.1. The van der Waals surface area contributed by atoms with Gasteiger partial charge in [0.1, 0.15) is 11.3 Å². The van der Waals surface area contributed by atoms with Crippen LogP contribution in [0.25, 0.3) is 10.8 Å². The van der Waals surface area contributed by atoms with E-state index in [1.54, 1.807) is 29.2 Å². The Hall–Kier alpha value is -3.09. The number of nitrogens with one attached hydrogen (secondary N) is 2. The summed E-state index contributed by atoms with van der Waals surface area (Å²) in [5, 5.41) is 4.21. The summed E-state index contributed by atoms with van der Waals surface area (Å²) in [5.41, 5.74) is -2.22. The highest BCUT2D eigenvalue weighted by molar-refractivity contribution is 6.08. The number of alkyl halides is 3. The maximum atomic E-state index is 12.6. The van der Waals surface area contributed by atoms with Gasteiger partial charge in [0.05, 0.1) is 0 Å². The SMILES string of the molecule is O=C(Nc1cccc2ccccc12)c1ccc(C(F)(F)F)[nH]c1=O. The Kier molecular flexibility index (Phi) is 3.84. The molecule has 3 aromatic rings. The number of hydrogen-bond donors (Lipinski definition) is 2. The number of pyridine rings is 1. The summed E-state index contributed by atoms with van der Waals surface area (Å²) < 4.78 is 37.7. The normalized spacial score (nSPS) is 11.5.